The van der Waals surface area contributed by atoms with Crippen LogP contribution in [0, 0.1) is 11.7 Å². The molecule has 0 fully saturated rings. The number of halogens is 1. The zero-order valence-corrected chi connectivity index (χ0v) is 9.20. The van der Waals surface area contributed by atoms with Gasteiger partial charge in [0.05, 0.1) is 12.7 Å². The standard InChI is InChI=1S/C12H13FO3/c1-3-8(12(15)16-2)11(14)9-6-4-5-7-10(9)13/h4-8H,3H2,1-2H3. The van der Waals surface area contributed by atoms with Crippen LogP contribution >= 0.6 is 0 Å². The monoisotopic (exact) mass is 224 g/mol. The van der Waals surface area contributed by atoms with Gasteiger partial charge in [-0.25, -0.2) is 4.39 Å². The molecule has 0 aliphatic heterocycles. The van der Waals surface area contributed by atoms with Gasteiger partial charge in [-0.05, 0) is 18.6 Å². The van der Waals surface area contributed by atoms with Crippen molar-refractivity contribution in [1.82, 2.24) is 0 Å². The lowest BCUT2D eigenvalue weighted by Gasteiger charge is -2.11. The van der Waals surface area contributed by atoms with Crippen molar-refractivity contribution in [3.05, 3.63) is 35.6 Å². The lowest BCUT2D eigenvalue weighted by molar-refractivity contribution is -0.143. The molecule has 1 aromatic carbocycles. The minimum Gasteiger partial charge on any atom is -0.468 e. The van der Waals surface area contributed by atoms with Crippen LogP contribution in [0.1, 0.15) is 23.7 Å². The molecule has 86 valence electrons. The first-order valence-electron chi connectivity index (χ1n) is 4.98. The molecule has 0 aromatic heterocycles. The summed E-state index contributed by atoms with van der Waals surface area (Å²) in [4.78, 5) is 23.2. The molecular formula is C12H13FO3. The van der Waals surface area contributed by atoms with E-state index in [1.54, 1.807) is 13.0 Å². The van der Waals surface area contributed by atoms with Crippen molar-refractivity contribution in [3.8, 4) is 0 Å². The van der Waals surface area contributed by atoms with Crippen molar-refractivity contribution in [1.29, 1.82) is 0 Å². The van der Waals surface area contributed by atoms with Crippen molar-refractivity contribution in [2.24, 2.45) is 5.92 Å². The van der Waals surface area contributed by atoms with Crippen LogP contribution in [-0.2, 0) is 9.53 Å². The molecule has 0 saturated carbocycles. The van der Waals surface area contributed by atoms with Crippen LogP contribution in [-0.4, -0.2) is 18.9 Å². The van der Waals surface area contributed by atoms with E-state index in [0.717, 1.165) is 0 Å². The number of Topliss-reactive ketones (excluding diaryl/α,β-unsaturated/α-hetero) is 1. The van der Waals surface area contributed by atoms with Crippen molar-refractivity contribution in [2.45, 2.75) is 13.3 Å². The number of methoxy groups -OCH3 is 1. The van der Waals surface area contributed by atoms with Crippen molar-refractivity contribution >= 4 is 11.8 Å². The summed E-state index contributed by atoms with van der Waals surface area (Å²) in [6.45, 7) is 1.68. The van der Waals surface area contributed by atoms with E-state index in [1.807, 2.05) is 0 Å². The van der Waals surface area contributed by atoms with Gasteiger partial charge in [0.15, 0.2) is 5.78 Å². The number of ketones is 1. The summed E-state index contributed by atoms with van der Waals surface area (Å²) in [6.07, 6.45) is 0.292. The Morgan fingerprint density at radius 3 is 2.50 bits per heavy atom. The van der Waals surface area contributed by atoms with Crippen LogP contribution < -0.4 is 0 Å². The van der Waals surface area contributed by atoms with Gasteiger partial charge in [-0.15, -0.1) is 0 Å². The first kappa shape index (κ1) is 12.4. The maximum atomic E-state index is 13.3. The maximum Gasteiger partial charge on any atom is 0.316 e. The molecule has 0 bridgehead atoms. The second-order valence-corrected chi connectivity index (χ2v) is 3.33. The van der Waals surface area contributed by atoms with Gasteiger partial charge in [-0.1, -0.05) is 19.1 Å². The molecule has 0 saturated heterocycles. The fraction of sp³-hybridized carbons (Fsp3) is 0.333. The molecule has 4 heteroatoms. The highest BCUT2D eigenvalue weighted by atomic mass is 19.1. The number of hydrogen-bond donors (Lipinski definition) is 0. The zero-order valence-electron chi connectivity index (χ0n) is 9.20. The number of carbonyl (C=O) groups excluding carboxylic acids is 2. The third kappa shape index (κ3) is 2.45. The quantitative estimate of drug-likeness (QED) is 0.447. The number of rotatable bonds is 4. The fourth-order valence-corrected chi connectivity index (χ4v) is 1.45. The predicted octanol–water partition coefficient (Wildman–Crippen LogP) is 2.21. The van der Waals surface area contributed by atoms with E-state index < -0.39 is 23.5 Å². The van der Waals surface area contributed by atoms with Gasteiger partial charge in [0.2, 0.25) is 0 Å². The molecule has 1 aromatic rings. The number of ether oxygens (including phenoxy) is 1. The Kier molecular flexibility index (Phi) is 4.17. The fourth-order valence-electron chi connectivity index (χ4n) is 1.45. The predicted molar refractivity (Wildman–Crippen MR) is 56.5 cm³/mol. The first-order valence-corrected chi connectivity index (χ1v) is 4.98. The highest BCUT2D eigenvalue weighted by Crippen LogP contribution is 2.16. The van der Waals surface area contributed by atoms with Gasteiger partial charge in [0.25, 0.3) is 0 Å². The number of benzene rings is 1. The molecule has 0 heterocycles. The molecule has 1 rings (SSSR count). The Morgan fingerprint density at radius 1 is 1.38 bits per heavy atom. The Bertz CT molecular complexity index is 401. The van der Waals surface area contributed by atoms with Crippen molar-refractivity contribution in [2.75, 3.05) is 7.11 Å². The SMILES string of the molecule is CCC(C(=O)OC)C(=O)c1ccccc1F. The summed E-state index contributed by atoms with van der Waals surface area (Å²) in [7, 11) is 1.21. The van der Waals surface area contributed by atoms with Gasteiger partial charge in [-0.3, -0.25) is 9.59 Å². The zero-order chi connectivity index (χ0) is 12.1. The van der Waals surface area contributed by atoms with Crippen LogP contribution in [0.15, 0.2) is 24.3 Å². The lowest BCUT2D eigenvalue weighted by Crippen LogP contribution is -2.25. The maximum absolute atomic E-state index is 13.3. The summed E-state index contributed by atoms with van der Waals surface area (Å²) in [5, 5.41) is 0. The second kappa shape index (κ2) is 5.39. The summed E-state index contributed by atoms with van der Waals surface area (Å²) >= 11 is 0. The topological polar surface area (TPSA) is 43.4 Å². The molecule has 0 amide bonds. The van der Waals surface area contributed by atoms with Crippen LogP contribution in [0.25, 0.3) is 0 Å². The van der Waals surface area contributed by atoms with Crippen LogP contribution in [0.5, 0.6) is 0 Å². The molecule has 0 spiro atoms. The number of hydrogen-bond acceptors (Lipinski definition) is 3. The van der Waals surface area contributed by atoms with Gasteiger partial charge in [0.1, 0.15) is 11.7 Å². The number of carbonyl (C=O) groups is 2. The van der Waals surface area contributed by atoms with Crippen molar-refractivity contribution in [3.63, 3.8) is 0 Å². The van der Waals surface area contributed by atoms with Gasteiger partial charge in [0, 0.05) is 0 Å². The summed E-state index contributed by atoms with van der Waals surface area (Å²) in [5.74, 6) is -2.71. The molecule has 0 radical (unpaired) electrons. The molecule has 16 heavy (non-hydrogen) atoms. The molecule has 0 N–H and O–H groups in total. The summed E-state index contributed by atoms with van der Waals surface area (Å²) in [5.41, 5.74) is -0.0697. The second-order valence-electron chi connectivity index (χ2n) is 3.33. The van der Waals surface area contributed by atoms with E-state index in [9.17, 15) is 14.0 Å². The third-order valence-electron chi connectivity index (χ3n) is 2.35. The third-order valence-corrected chi connectivity index (χ3v) is 2.35. The molecule has 0 aliphatic carbocycles. The van der Waals surface area contributed by atoms with Gasteiger partial charge in [-0.2, -0.15) is 0 Å². The minimum absolute atomic E-state index is 0.0697. The highest BCUT2D eigenvalue weighted by Gasteiger charge is 2.28. The van der Waals surface area contributed by atoms with E-state index >= 15 is 0 Å². The largest absolute Gasteiger partial charge is 0.468 e. The van der Waals surface area contributed by atoms with Gasteiger partial charge < -0.3 is 4.74 Å². The first-order chi connectivity index (χ1) is 7.61. The average molecular weight is 224 g/mol. The Labute approximate surface area is 93.2 Å². The van der Waals surface area contributed by atoms with E-state index in [2.05, 4.69) is 4.74 Å². The number of esters is 1. The molecule has 0 aliphatic rings. The Hall–Kier alpha value is -1.71. The summed E-state index contributed by atoms with van der Waals surface area (Å²) < 4.78 is 17.8. The van der Waals surface area contributed by atoms with Crippen LogP contribution in [0.3, 0.4) is 0 Å². The van der Waals surface area contributed by atoms with E-state index in [0.29, 0.717) is 6.42 Å². The van der Waals surface area contributed by atoms with Crippen LogP contribution in [0.4, 0.5) is 4.39 Å². The molecule has 3 nitrogen and oxygen atoms in total. The smallest absolute Gasteiger partial charge is 0.316 e. The molecule has 1 atom stereocenters. The molecular weight excluding hydrogens is 211 g/mol. The highest BCUT2D eigenvalue weighted by molar-refractivity contribution is 6.08. The normalized spacial score (nSPS) is 11.9. The van der Waals surface area contributed by atoms with Crippen molar-refractivity contribution < 1.29 is 18.7 Å². The Morgan fingerprint density at radius 2 is 2.00 bits per heavy atom. The molecule has 1 unspecified atom stereocenters. The van der Waals surface area contributed by atoms with Gasteiger partial charge >= 0.3 is 5.97 Å². The van der Waals surface area contributed by atoms with E-state index in [1.165, 1.54) is 25.3 Å². The van der Waals surface area contributed by atoms with E-state index in [-0.39, 0.29) is 5.56 Å². The van der Waals surface area contributed by atoms with Crippen LogP contribution in [0.2, 0.25) is 0 Å². The Balaban J connectivity index is 3.01. The average Bonchev–Trinajstić information content (AvgIpc) is 2.30. The minimum atomic E-state index is -0.929. The van der Waals surface area contributed by atoms with E-state index in [4.69, 9.17) is 0 Å². The summed E-state index contributed by atoms with van der Waals surface area (Å²) in [6, 6.07) is 5.60. The lowest BCUT2D eigenvalue weighted by atomic mass is 9.95.